The molecule has 5 heteroatoms. The Labute approximate surface area is 134 Å². The average molecular weight is 314 g/mol. The van der Waals surface area contributed by atoms with Crippen LogP contribution in [0.2, 0.25) is 5.02 Å². The SMILES string of the molecule is N#Cc1cccnc1N1CCC(Oc2ccccc2Cl)CC1. The molecular formula is C17H16ClN3O. The monoisotopic (exact) mass is 313 g/mol. The van der Waals surface area contributed by atoms with Crippen LogP contribution < -0.4 is 9.64 Å². The number of anilines is 1. The van der Waals surface area contributed by atoms with E-state index in [0.29, 0.717) is 10.6 Å². The van der Waals surface area contributed by atoms with Crippen LogP contribution in [0.3, 0.4) is 0 Å². The third-order valence-electron chi connectivity index (χ3n) is 3.78. The summed E-state index contributed by atoms with van der Waals surface area (Å²) in [4.78, 5) is 6.48. The van der Waals surface area contributed by atoms with Crippen LogP contribution in [0.4, 0.5) is 5.82 Å². The van der Waals surface area contributed by atoms with Crippen LogP contribution in [0, 0.1) is 11.3 Å². The van der Waals surface area contributed by atoms with Gasteiger partial charge in [0.15, 0.2) is 0 Å². The normalized spacial score (nSPS) is 15.4. The summed E-state index contributed by atoms with van der Waals surface area (Å²) in [5.41, 5.74) is 0.618. The molecule has 22 heavy (non-hydrogen) atoms. The molecule has 2 heterocycles. The number of halogens is 1. The fraction of sp³-hybridized carbons (Fsp3) is 0.294. The van der Waals surface area contributed by atoms with E-state index in [-0.39, 0.29) is 6.10 Å². The molecule has 4 nitrogen and oxygen atoms in total. The minimum atomic E-state index is 0.144. The van der Waals surface area contributed by atoms with Gasteiger partial charge in [-0.3, -0.25) is 0 Å². The largest absolute Gasteiger partial charge is 0.489 e. The number of piperidine rings is 1. The highest BCUT2D eigenvalue weighted by Gasteiger charge is 2.23. The second-order valence-corrected chi connectivity index (χ2v) is 5.63. The summed E-state index contributed by atoms with van der Waals surface area (Å²) in [5.74, 6) is 1.50. The molecular weight excluding hydrogens is 298 g/mol. The first-order chi connectivity index (χ1) is 10.8. The summed E-state index contributed by atoms with van der Waals surface area (Å²) in [6.45, 7) is 1.64. The van der Waals surface area contributed by atoms with Crippen LogP contribution in [-0.4, -0.2) is 24.2 Å². The topological polar surface area (TPSA) is 49.2 Å². The van der Waals surface area contributed by atoms with Crippen molar-refractivity contribution in [2.24, 2.45) is 0 Å². The van der Waals surface area contributed by atoms with Gasteiger partial charge in [0.1, 0.15) is 23.7 Å². The van der Waals surface area contributed by atoms with E-state index in [1.807, 2.05) is 24.3 Å². The zero-order valence-corrected chi connectivity index (χ0v) is 12.8. The van der Waals surface area contributed by atoms with E-state index in [4.69, 9.17) is 16.3 Å². The number of nitriles is 1. The van der Waals surface area contributed by atoms with Crippen LogP contribution in [0.15, 0.2) is 42.6 Å². The Bertz CT molecular complexity index is 690. The summed E-state index contributed by atoms with van der Waals surface area (Å²) in [6, 6.07) is 13.3. The number of benzene rings is 1. The number of aromatic nitrogens is 1. The van der Waals surface area contributed by atoms with Crippen LogP contribution in [-0.2, 0) is 0 Å². The molecule has 1 aromatic heterocycles. The molecule has 0 radical (unpaired) electrons. The highest BCUT2D eigenvalue weighted by molar-refractivity contribution is 6.32. The molecule has 1 aliphatic rings. The molecule has 0 atom stereocenters. The van der Waals surface area contributed by atoms with Crippen molar-refractivity contribution in [1.82, 2.24) is 4.98 Å². The fourth-order valence-corrected chi connectivity index (χ4v) is 2.82. The maximum atomic E-state index is 9.17. The third-order valence-corrected chi connectivity index (χ3v) is 4.09. The lowest BCUT2D eigenvalue weighted by Gasteiger charge is -2.33. The highest BCUT2D eigenvalue weighted by Crippen LogP contribution is 2.28. The average Bonchev–Trinajstić information content (AvgIpc) is 2.58. The van der Waals surface area contributed by atoms with Crippen molar-refractivity contribution in [3.8, 4) is 11.8 Å². The standard InChI is InChI=1S/C17H16ClN3O/c18-15-5-1-2-6-16(15)22-14-7-10-21(11-8-14)17-13(12-19)4-3-9-20-17/h1-6,9,14H,7-8,10-11H2. The predicted molar refractivity (Wildman–Crippen MR) is 86.3 cm³/mol. The summed E-state index contributed by atoms with van der Waals surface area (Å²) in [5, 5.41) is 9.81. The van der Waals surface area contributed by atoms with E-state index in [1.54, 1.807) is 18.3 Å². The quantitative estimate of drug-likeness (QED) is 0.867. The zero-order valence-electron chi connectivity index (χ0n) is 12.1. The molecule has 0 saturated carbocycles. The molecule has 3 rings (SSSR count). The first-order valence-electron chi connectivity index (χ1n) is 7.29. The molecule has 1 aliphatic heterocycles. The molecule has 1 saturated heterocycles. The first-order valence-corrected chi connectivity index (χ1v) is 7.67. The van der Waals surface area contributed by atoms with E-state index in [1.165, 1.54) is 0 Å². The van der Waals surface area contributed by atoms with Crippen LogP contribution in [0.5, 0.6) is 5.75 Å². The smallest absolute Gasteiger partial charge is 0.146 e. The lowest BCUT2D eigenvalue weighted by Crippen LogP contribution is -2.39. The van der Waals surface area contributed by atoms with Gasteiger partial charge in [-0.1, -0.05) is 23.7 Å². The highest BCUT2D eigenvalue weighted by atomic mass is 35.5. The molecule has 1 fully saturated rings. The molecule has 0 aliphatic carbocycles. The molecule has 1 aromatic carbocycles. The minimum Gasteiger partial charge on any atom is -0.489 e. The molecule has 112 valence electrons. The molecule has 0 amide bonds. The van der Waals surface area contributed by atoms with Crippen molar-refractivity contribution < 1.29 is 4.74 Å². The number of hydrogen-bond acceptors (Lipinski definition) is 4. The summed E-state index contributed by atoms with van der Waals surface area (Å²) < 4.78 is 5.98. The molecule has 0 unspecified atom stereocenters. The number of ether oxygens (including phenoxy) is 1. The minimum absolute atomic E-state index is 0.144. The molecule has 0 bridgehead atoms. The van der Waals surface area contributed by atoms with Gasteiger partial charge in [-0.2, -0.15) is 5.26 Å². The van der Waals surface area contributed by atoms with Gasteiger partial charge in [-0.15, -0.1) is 0 Å². The fourth-order valence-electron chi connectivity index (χ4n) is 2.64. The van der Waals surface area contributed by atoms with E-state index >= 15 is 0 Å². The van der Waals surface area contributed by atoms with Crippen LogP contribution in [0.25, 0.3) is 0 Å². The van der Waals surface area contributed by atoms with Crippen molar-refractivity contribution in [2.75, 3.05) is 18.0 Å². The van der Waals surface area contributed by atoms with Gasteiger partial charge in [0, 0.05) is 32.1 Å². The molecule has 0 spiro atoms. The van der Waals surface area contributed by atoms with Gasteiger partial charge >= 0.3 is 0 Å². The lowest BCUT2D eigenvalue weighted by molar-refractivity contribution is 0.171. The first kappa shape index (κ1) is 14.7. The summed E-state index contributed by atoms with van der Waals surface area (Å²) in [6.07, 6.45) is 3.63. The van der Waals surface area contributed by atoms with Crippen molar-refractivity contribution in [3.63, 3.8) is 0 Å². The molecule has 0 N–H and O–H groups in total. The van der Waals surface area contributed by atoms with Gasteiger partial charge < -0.3 is 9.64 Å². The van der Waals surface area contributed by atoms with Gasteiger partial charge in [0.05, 0.1) is 10.6 Å². The van der Waals surface area contributed by atoms with Gasteiger partial charge in [0.25, 0.3) is 0 Å². The van der Waals surface area contributed by atoms with Gasteiger partial charge in [-0.05, 0) is 24.3 Å². The Hall–Kier alpha value is -2.25. The van der Waals surface area contributed by atoms with Crippen molar-refractivity contribution in [2.45, 2.75) is 18.9 Å². The van der Waals surface area contributed by atoms with E-state index in [0.717, 1.165) is 37.5 Å². The maximum absolute atomic E-state index is 9.17. The molecule has 2 aromatic rings. The number of pyridine rings is 1. The van der Waals surface area contributed by atoms with E-state index in [2.05, 4.69) is 16.0 Å². The Kier molecular flexibility index (Phi) is 4.45. The second kappa shape index (κ2) is 6.67. The second-order valence-electron chi connectivity index (χ2n) is 5.22. The number of rotatable bonds is 3. The number of para-hydroxylation sites is 1. The van der Waals surface area contributed by atoms with E-state index in [9.17, 15) is 5.26 Å². The van der Waals surface area contributed by atoms with Crippen LogP contribution in [0.1, 0.15) is 18.4 Å². The van der Waals surface area contributed by atoms with Crippen molar-refractivity contribution in [3.05, 3.63) is 53.2 Å². The Morgan fingerprint density at radius 2 is 1.95 bits per heavy atom. The zero-order chi connectivity index (χ0) is 15.4. The van der Waals surface area contributed by atoms with Gasteiger partial charge in [-0.25, -0.2) is 4.98 Å². The number of hydrogen-bond donors (Lipinski definition) is 0. The Morgan fingerprint density at radius 1 is 1.18 bits per heavy atom. The summed E-state index contributed by atoms with van der Waals surface area (Å²) in [7, 11) is 0. The van der Waals surface area contributed by atoms with Crippen LogP contribution >= 0.6 is 11.6 Å². The summed E-state index contributed by atoms with van der Waals surface area (Å²) >= 11 is 6.13. The van der Waals surface area contributed by atoms with E-state index < -0.39 is 0 Å². The lowest BCUT2D eigenvalue weighted by atomic mass is 10.1. The number of nitrogens with zero attached hydrogens (tertiary/aromatic N) is 3. The predicted octanol–water partition coefficient (Wildman–Crippen LogP) is 3.65. The van der Waals surface area contributed by atoms with Gasteiger partial charge in [0.2, 0.25) is 0 Å². The van der Waals surface area contributed by atoms with Crippen molar-refractivity contribution in [1.29, 1.82) is 5.26 Å². The Morgan fingerprint density at radius 3 is 2.68 bits per heavy atom. The Balaban J connectivity index is 1.63. The van der Waals surface area contributed by atoms with Crippen molar-refractivity contribution >= 4 is 17.4 Å². The third kappa shape index (κ3) is 3.15. The maximum Gasteiger partial charge on any atom is 0.146 e.